The molecule has 0 aliphatic carbocycles. The van der Waals surface area contributed by atoms with Crippen molar-refractivity contribution in [3.8, 4) is 0 Å². The Morgan fingerprint density at radius 3 is 2.50 bits per heavy atom. The summed E-state index contributed by atoms with van der Waals surface area (Å²) < 4.78 is 2.13. The van der Waals surface area contributed by atoms with E-state index in [1.54, 1.807) is 0 Å². The van der Waals surface area contributed by atoms with Gasteiger partial charge in [0.1, 0.15) is 5.70 Å². The van der Waals surface area contributed by atoms with Crippen molar-refractivity contribution in [1.82, 2.24) is 14.9 Å². The lowest BCUT2D eigenvalue weighted by molar-refractivity contribution is -0.123. The maximum absolute atomic E-state index is 12.3. The van der Waals surface area contributed by atoms with Gasteiger partial charge < -0.3 is 10.3 Å². The summed E-state index contributed by atoms with van der Waals surface area (Å²) in [7, 11) is 0. The number of imide groups is 1. The minimum absolute atomic E-state index is 0.0221. The van der Waals surface area contributed by atoms with E-state index < -0.39 is 11.8 Å². The predicted molar refractivity (Wildman–Crippen MR) is 116 cm³/mol. The maximum Gasteiger partial charge on any atom is 0.274 e. The lowest BCUT2D eigenvalue weighted by Gasteiger charge is -2.08. The molecule has 30 heavy (non-hydrogen) atoms. The molecule has 0 bridgehead atoms. The van der Waals surface area contributed by atoms with Gasteiger partial charge in [0.05, 0.1) is 11.1 Å². The number of rotatable bonds is 5. The number of hydrogen-bond acceptors (Lipinski definition) is 4. The number of aryl methyl sites for hydroxylation is 2. The monoisotopic (exact) mass is 396 g/mol. The second kappa shape index (κ2) is 7.15. The molecular weight excluding hydrogens is 376 g/mol. The van der Waals surface area contributed by atoms with Crippen LogP contribution in [-0.2, 0) is 22.6 Å². The summed E-state index contributed by atoms with van der Waals surface area (Å²) in [6.45, 7) is 0.778. The van der Waals surface area contributed by atoms with Gasteiger partial charge in [-0.25, -0.2) is 0 Å². The highest BCUT2D eigenvalue weighted by molar-refractivity contribution is 6.37. The van der Waals surface area contributed by atoms with Crippen LogP contribution >= 0.6 is 0 Å². The number of benzene rings is 2. The van der Waals surface area contributed by atoms with Crippen molar-refractivity contribution < 1.29 is 9.59 Å². The second-order valence-corrected chi connectivity index (χ2v) is 7.42. The van der Waals surface area contributed by atoms with Gasteiger partial charge in [-0.3, -0.25) is 19.9 Å². The van der Waals surface area contributed by atoms with Crippen LogP contribution in [0.3, 0.4) is 0 Å². The quantitative estimate of drug-likeness (QED) is 0.507. The summed E-state index contributed by atoms with van der Waals surface area (Å²) in [5, 5.41) is 4.37. The number of carbonyl (C=O) groups is 2. The van der Waals surface area contributed by atoms with Gasteiger partial charge in [0.2, 0.25) is 0 Å². The number of nitrogens with zero attached hydrogens (tertiary/aromatic N) is 2. The first kappa shape index (κ1) is 18.1. The van der Waals surface area contributed by atoms with E-state index in [1.807, 2.05) is 54.9 Å². The molecule has 0 atom stereocenters. The van der Waals surface area contributed by atoms with E-state index in [1.165, 1.54) is 10.9 Å². The number of amides is 2. The fourth-order valence-electron chi connectivity index (χ4n) is 4.18. The molecule has 0 unspecified atom stereocenters. The fourth-order valence-corrected chi connectivity index (χ4v) is 4.18. The number of hydrogen-bond donors (Lipinski definition) is 2. The number of aromatic nitrogens is 2. The Bertz CT molecular complexity index is 1340. The number of fused-ring (bicyclic) bond motifs is 2. The average Bonchev–Trinajstić information content (AvgIpc) is 3.24. The van der Waals surface area contributed by atoms with Crippen molar-refractivity contribution in [1.29, 1.82) is 0 Å². The third-order valence-electron chi connectivity index (χ3n) is 5.61. The standard InChI is InChI=1S/C24H20N4O2/c25-22-21(23(29)27-24(22)30)18-14-28(20-10-4-2-8-17(18)20)13-5-6-15-11-12-26-19-9-3-1-7-16(15)19/h1-4,7-12,14H,5-6,13H2,(H3,25,27,29,30). The highest BCUT2D eigenvalue weighted by Gasteiger charge is 2.31. The van der Waals surface area contributed by atoms with Gasteiger partial charge in [0, 0.05) is 40.8 Å². The van der Waals surface area contributed by atoms with E-state index in [9.17, 15) is 9.59 Å². The van der Waals surface area contributed by atoms with Gasteiger partial charge in [-0.15, -0.1) is 0 Å². The molecule has 0 fully saturated rings. The zero-order chi connectivity index (χ0) is 20.7. The first-order valence-corrected chi connectivity index (χ1v) is 9.90. The molecule has 0 saturated heterocycles. The number of nitrogens with one attached hydrogen (secondary N) is 1. The summed E-state index contributed by atoms with van der Waals surface area (Å²) in [5.74, 6) is -0.972. The molecule has 2 aromatic carbocycles. The van der Waals surface area contributed by atoms with Crippen LogP contribution in [0.25, 0.3) is 27.4 Å². The smallest absolute Gasteiger partial charge is 0.274 e. The van der Waals surface area contributed by atoms with Crippen LogP contribution in [0, 0.1) is 0 Å². The lowest BCUT2D eigenvalue weighted by Crippen LogP contribution is -2.24. The first-order chi connectivity index (χ1) is 14.6. The first-order valence-electron chi connectivity index (χ1n) is 9.90. The zero-order valence-electron chi connectivity index (χ0n) is 16.3. The fraction of sp³-hybridized carbons (Fsp3) is 0.125. The highest BCUT2D eigenvalue weighted by atomic mass is 16.2. The topological polar surface area (TPSA) is 90.0 Å². The van der Waals surface area contributed by atoms with Crippen LogP contribution in [0.2, 0.25) is 0 Å². The van der Waals surface area contributed by atoms with E-state index in [0.717, 1.165) is 35.8 Å². The Balaban J connectivity index is 1.46. The van der Waals surface area contributed by atoms with Crippen LogP contribution in [-0.4, -0.2) is 21.4 Å². The highest BCUT2D eigenvalue weighted by Crippen LogP contribution is 2.31. The van der Waals surface area contributed by atoms with Crippen molar-refractivity contribution in [3.63, 3.8) is 0 Å². The van der Waals surface area contributed by atoms with E-state index in [-0.39, 0.29) is 11.3 Å². The molecule has 0 radical (unpaired) electrons. The molecule has 6 nitrogen and oxygen atoms in total. The van der Waals surface area contributed by atoms with Crippen molar-refractivity contribution in [2.24, 2.45) is 5.73 Å². The Morgan fingerprint density at radius 2 is 1.70 bits per heavy atom. The Morgan fingerprint density at radius 1 is 0.933 bits per heavy atom. The molecule has 148 valence electrons. The SMILES string of the molecule is NC1=C(c2cn(CCCc3ccnc4ccccc34)c3ccccc23)C(=O)NC1=O. The molecule has 1 aliphatic heterocycles. The number of para-hydroxylation sites is 2. The number of carbonyl (C=O) groups excluding carboxylic acids is 2. The predicted octanol–water partition coefficient (Wildman–Crippen LogP) is 3.15. The normalized spacial score (nSPS) is 14.1. The maximum atomic E-state index is 12.3. The zero-order valence-corrected chi connectivity index (χ0v) is 16.3. The lowest BCUT2D eigenvalue weighted by atomic mass is 10.0. The molecule has 6 heteroatoms. The molecule has 0 spiro atoms. The molecule has 4 aromatic rings. The largest absolute Gasteiger partial charge is 0.394 e. The van der Waals surface area contributed by atoms with Crippen molar-refractivity contribution in [2.75, 3.05) is 0 Å². The minimum atomic E-state index is -0.531. The Kier molecular flexibility index (Phi) is 4.32. The summed E-state index contributed by atoms with van der Waals surface area (Å²) in [5.41, 5.74) is 10.1. The molecule has 0 saturated carbocycles. The molecule has 2 aromatic heterocycles. The van der Waals surface area contributed by atoms with E-state index in [4.69, 9.17) is 5.73 Å². The third-order valence-corrected chi connectivity index (χ3v) is 5.61. The summed E-state index contributed by atoms with van der Waals surface area (Å²) in [4.78, 5) is 28.5. The molecule has 1 aliphatic rings. The van der Waals surface area contributed by atoms with E-state index >= 15 is 0 Å². The van der Waals surface area contributed by atoms with Gasteiger partial charge >= 0.3 is 0 Å². The molecule has 3 N–H and O–H groups in total. The molecule has 5 rings (SSSR count). The van der Waals surface area contributed by atoms with Crippen molar-refractivity contribution in [3.05, 3.63) is 83.8 Å². The van der Waals surface area contributed by atoms with Crippen molar-refractivity contribution >= 4 is 39.2 Å². The van der Waals surface area contributed by atoms with Crippen molar-refractivity contribution in [2.45, 2.75) is 19.4 Å². The summed E-state index contributed by atoms with van der Waals surface area (Å²) >= 11 is 0. The van der Waals surface area contributed by atoms with Gasteiger partial charge in [-0.1, -0.05) is 36.4 Å². The third kappa shape index (κ3) is 2.93. The van der Waals surface area contributed by atoms with E-state index in [0.29, 0.717) is 5.56 Å². The number of pyridine rings is 1. The van der Waals surface area contributed by atoms with Crippen LogP contribution in [0.1, 0.15) is 17.5 Å². The van der Waals surface area contributed by atoms with Gasteiger partial charge in [-0.05, 0) is 36.6 Å². The average molecular weight is 396 g/mol. The van der Waals surface area contributed by atoms with Crippen LogP contribution in [0.15, 0.2) is 72.7 Å². The van der Waals surface area contributed by atoms with Crippen LogP contribution in [0.4, 0.5) is 0 Å². The van der Waals surface area contributed by atoms with Crippen LogP contribution < -0.4 is 11.1 Å². The minimum Gasteiger partial charge on any atom is -0.394 e. The summed E-state index contributed by atoms with van der Waals surface area (Å²) in [6.07, 6.45) is 5.61. The summed E-state index contributed by atoms with van der Waals surface area (Å²) in [6, 6.07) is 18.1. The Hall–Kier alpha value is -3.93. The Labute approximate surface area is 173 Å². The van der Waals surface area contributed by atoms with Crippen LogP contribution in [0.5, 0.6) is 0 Å². The molecular formula is C24H20N4O2. The molecule has 2 amide bonds. The second-order valence-electron chi connectivity index (χ2n) is 7.42. The van der Waals surface area contributed by atoms with Gasteiger partial charge in [-0.2, -0.15) is 0 Å². The number of nitrogens with two attached hydrogens (primary N) is 1. The molecule has 3 heterocycles. The van der Waals surface area contributed by atoms with E-state index in [2.05, 4.69) is 27.0 Å². The van der Waals surface area contributed by atoms with Gasteiger partial charge in [0.15, 0.2) is 0 Å². The van der Waals surface area contributed by atoms with Gasteiger partial charge in [0.25, 0.3) is 11.8 Å².